The number of nitrogens with zero attached hydrogens (tertiary/aromatic N) is 4. The second-order valence-corrected chi connectivity index (χ2v) is 6.45. The number of hydrogen-bond donors (Lipinski definition) is 1. The highest BCUT2D eigenvalue weighted by molar-refractivity contribution is 5.40. The number of piperazine rings is 1. The summed E-state index contributed by atoms with van der Waals surface area (Å²) in [4.78, 5) is 11.3. The lowest BCUT2D eigenvalue weighted by Crippen LogP contribution is -2.51. The van der Waals surface area contributed by atoms with Crippen LogP contribution in [0.2, 0.25) is 0 Å². The summed E-state index contributed by atoms with van der Waals surface area (Å²) in [5, 5.41) is 10.5. The first-order chi connectivity index (χ1) is 10.9. The number of anilines is 1. The van der Waals surface area contributed by atoms with Crippen LogP contribution in [-0.2, 0) is 6.18 Å². The number of halogens is 3. The van der Waals surface area contributed by atoms with Crippen LogP contribution in [0.3, 0.4) is 0 Å². The molecule has 1 N–H and O–H groups in total. The quantitative estimate of drug-likeness (QED) is 0.918. The van der Waals surface area contributed by atoms with Gasteiger partial charge in [0.25, 0.3) is 0 Å². The highest BCUT2D eigenvalue weighted by Gasteiger charge is 2.35. The van der Waals surface area contributed by atoms with E-state index in [-0.39, 0.29) is 0 Å². The van der Waals surface area contributed by atoms with Crippen LogP contribution in [0.1, 0.15) is 31.4 Å². The predicted octanol–water partition coefficient (Wildman–Crippen LogP) is 1.92. The van der Waals surface area contributed by atoms with Crippen molar-refractivity contribution in [3.8, 4) is 0 Å². The Morgan fingerprint density at radius 2 is 1.74 bits per heavy atom. The summed E-state index contributed by atoms with van der Waals surface area (Å²) < 4.78 is 38.2. The Labute approximate surface area is 133 Å². The van der Waals surface area contributed by atoms with Crippen molar-refractivity contribution in [2.24, 2.45) is 0 Å². The van der Waals surface area contributed by atoms with Crippen LogP contribution < -0.4 is 4.90 Å². The van der Waals surface area contributed by atoms with Gasteiger partial charge >= 0.3 is 6.18 Å². The van der Waals surface area contributed by atoms with Crippen molar-refractivity contribution < 1.29 is 18.3 Å². The zero-order valence-electron chi connectivity index (χ0n) is 12.9. The van der Waals surface area contributed by atoms with Crippen LogP contribution in [-0.4, -0.2) is 58.3 Å². The molecule has 5 nitrogen and oxygen atoms in total. The van der Waals surface area contributed by atoms with Crippen LogP contribution in [0, 0.1) is 0 Å². The Hall–Kier alpha value is -1.41. The molecule has 1 saturated heterocycles. The lowest BCUT2D eigenvalue weighted by molar-refractivity contribution is -0.141. The first-order valence-corrected chi connectivity index (χ1v) is 7.95. The number of rotatable bonds is 3. The molecule has 2 heterocycles. The fourth-order valence-corrected chi connectivity index (χ4v) is 3.42. The lowest BCUT2D eigenvalue weighted by Gasteiger charge is -2.38. The third-order valence-electron chi connectivity index (χ3n) is 4.69. The highest BCUT2D eigenvalue weighted by atomic mass is 19.4. The summed E-state index contributed by atoms with van der Waals surface area (Å²) in [6.45, 7) is 3.29. The highest BCUT2D eigenvalue weighted by Crippen LogP contribution is 2.31. The molecule has 0 bridgehead atoms. The first-order valence-electron chi connectivity index (χ1n) is 7.95. The van der Waals surface area contributed by atoms with Gasteiger partial charge in [0.15, 0.2) is 0 Å². The van der Waals surface area contributed by atoms with Crippen molar-refractivity contribution in [3.63, 3.8) is 0 Å². The molecule has 2 aliphatic rings. The molecular weight excluding hydrogens is 309 g/mol. The monoisotopic (exact) mass is 330 g/mol. The Balaban J connectivity index is 1.59. The van der Waals surface area contributed by atoms with Gasteiger partial charge in [-0.2, -0.15) is 13.2 Å². The molecule has 1 aromatic rings. The number of aromatic nitrogens is 2. The van der Waals surface area contributed by atoms with Crippen molar-refractivity contribution in [3.05, 3.63) is 18.1 Å². The number of aliphatic hydroxyl groups is 1. The van der Waals surface area contributed by atoms with Crippen molar-refractivity contribution in [1.29, 1.82) is 0 Å². The Morgan fingerprint density at radius 3 is 2.35 bits per heavy atom. The summed E-state index contributed by atoms with van der Waals surface area (Å²) in [5.74, 6) is 0.312. The smallest absolute Gasteiger partial charge is 0.389 e. The van der Waals surface area contributed by atoms with E-state index in [2.05, 4.69) is 14.9 Å². The van der Waals surface area contributed by atoms with Gasteiger partial charge in [0.05, 0.1) is 5.60 Å². The molecule has 0 amide bonds. The van der Waals surface area contributed by atoms with Gasteiger partial charge in [0.1, 0.15) is 17.8 Å². The summed E-state index contributed by atoms with van der Waals surface area (Å²) >= 11 is 0. The molecule has 8 heteroatoms. The van der Waals surface area contributed by atoms with Gasteiger partial charge in [0.2, 0.25) is 0 Å². The summed E-state index contributed by atoms with van der Waals surface area (Å²) in [6.07, 6.45) is 0.328. The third kappa shape index (κ3) is 3.92. The average Bonchev–Trinajstić information content (AvgIpc) is 2.94. The van der Waals surface area contributed by atoms with Crippen molar-refractivity contribution in [2.75, 3.05) is 37.6 Å². The van der Waals surface area contributed by atoms with E-state index in [0.29, 0.717) is 38.5 Å². The molecule has 1 aliphatic heterocycles. The zero-order valence-corrected chi connectivity index (χ0v) is 12.9. The molecule has 0 atom stereocenters. The van der Waals surface area contributed by atoms with Gasteiger partial charge in [0, 0.05) is 38.8 Å². The van der Waals surface area contributed by atoms with Crippen LogP contribution in [0.25, 0.3) is 0 Å². The number of alkyl halides is 3. The van der Waals surface area contributed by atoms with Crippen LogP contribution >= 0.6 is 0 Å². The molecule has 0 aromatic carbocycles. The van der Waals surface area contributed by atoms with Gasteiger partial charge in [-0.1, -0.05) is 12.8 Å². The minimum absolute atomic E-state index is 0.312. The standard InChI is InChI=1S/C15H21F3N4O/c16-15(17,18)12-9-13(20-11-19-12)22-7-5-21(6-8-22)10-14(23)3-1-2-4-14/h9,11,23H,1-8,10H2. The fourth-order valence-electron chi connectivity index (χ4n) is 3.42. The maximum Gasteiger partial charge on any atom is 0.433 e. The molecular formula is C15H21F3N4O. The van der Waals surface area contributed by atoms with E-state index >= 15 is 0 Å². The molecule has 0 unspecified atom stereocenters. The van der Waals surface area contributed by atoms with Gasteiger partial charge in [-0.05, 0) is 12.8 Å². The molecule has 1 aliphatic carbocycles. The molecule has 0 spiro atoms. The molecule has 1 saturated carbocycles. The van der Waals surface area contributed by atoms with E-state index in [1.807, 2.05) is 4.90 Å². The third-order valence-corrected chi connectivity index (χ3v) is 4.69. The minimum atomic E-state index is -4.45. The number of β-amino-alcohol motifs (C(OH)–C–C–N with tert-alkyl or cyclic N) is 1. The van der Waals surface area contributed by atoms with Crippen molar-refractivity contribution >= 4 is 5.82 Å². The van der Waals surface area contributed by atoms with Crippen molar-refractivity contribution in [1.82, 2.24) is 14.9 Å². The van der Waals surface area contributed by atoms with E-state index in [0.717, 1.165) is 38.1 Å². The molecule has 23 heavy (non-hydrogen) atoms. The second-order valence-electron chi connectivity index (χ2n) is 6.45. The molecule has 3 rings (SSSR count). The predicted molar refractivity (Wildman–Crippen MR) is 79.1 cm³/mol. The Kier molecular flexibility index (Phi) is 4.46. The van der Waals surface area contributed by atoms with Crippen molar-refractivity contribution in [2.45, 2.75) is 37.5 Å². The zero-order chi connectivity index (χ0) is 16.5. The lowest BCUT2D eigenvalue weighted by atomic mass is 10.0. The topological polar surface area (TPSA) is 52.5 Å². The summed E-state index contributed by atoms with van der Waals surface area (Å²) in [5.41, 5.74) is -1.49. The van der Waals surface area contributed by atoms with E-state index < -0.39 is 17.5 Å². The van der Waals surface area contributed by atoms with Gasteiger partial charge < -0.3 is 10.0 Å². The van der Waals surface area contributed by atoms with Crippen LogP contribution in [0.5, 0.6) is 0 Å². The average molecular weight is 330 g/mol. The largest absolute Gasteiger partial charge is 0.433 e. The van der Waals surface area contributed by atoms with Gasteiger partial charge in [-0.3, -0.25) is 4.90 Å². The fraction of sp³-hybridized carbons (Fsp3) is 0.733. The Bertz CT molecular complexity index is 538. The minimum Gasteiger partial charge on any atom is -0.389 e. The maximum atomic E-state index is 12.7. The molecule has 128 valence electrons. The maximum absolute atomic E-state index is 12.7. The number of hydrogen-bond acceptors (Lipinski definition) is 5. The Morgan fingerprint density at radius 1 is 1.09 bits per heavy atom. The molecule has 0 radical (unpaired) electrons. The molecule has 2 fully saturated rings. The van der Waals surface area contributed by atoms with E-state index in [9.17, 15) is 18.3 Å². The van der Waals surface area contributed by atoms with Crippen LogP contribution in [0.15, 0.2) is 12.4 Å². The van der Waals surface area contributed by atoms with E-state index in [1.54, 1.807) is 0 Å². The van der Waals surface area contributed by atoms with Gasteiger partial charge in [-0.15, -0.1) is 0 Å². The van der Waals surface area contributed by atoms with Crippen LogP contribution in [0.4, 0.5) is 19.0 Å². The van der Waals surface area contributed by atoms with E-state index in [1.165, 1.54) is 0 Å². The second kappa shape index (κ2) is 6.24. The van der Waals surface area contributed by atoms with Gasteiger partial charge in [-0.25, -0.2) is 9.97 Å². The SMILES string of the molecule is OC1(CN2CCN(c3cc(C(F)(F)F)ncn3)CC2)CCCC1. The summed E-state index contributed by atoms with van der Waals surface area (Å²) in [7, 11) is 0. The normalized spacial score (nSPS) is 22.5. The first kappa shape index (κ1) is 16.4. The molecule has 1 aromatic heterocycles. The van der Waals surface area contributed by atoms with E-state index in [4.69, 9.17) is 0 Å². The summed E-state index contributed by atoms with van der Waals surface area (Å²) in [6, 6.07) is 1.00.